The van der Waals surface area contributed by atoms with Gasteiger partial charge in [-0.25, -0.2) is 4.39 Å². The summed E-state index contributed by atoms with van der Waals surface area (Å²) in [6.07, 6.45) is 1.16. The lowest BCUT2D eigenvalue weighted by Gasteiger charge is -2.22. The number of amides is 2. The molecule has 0 spiro atoms. The Labute approximate surface area is 186 Å². The predicted molar refractivity (Wildman–Crippen MR) is 118 cm³/mol. The maximum atomic E-state index is 13.1. The topological polar surface area (TPSA) is 71.1 Å². The van der Waals surface area contributed by atoms with E-state index in [2.05, 4.69) is 10.2 Å². The summed E-state index contributed by atoms with van der Waals surface area (Å²) in [4.78, 5) is 29.2. The molecule has 0 saturated carbocycles. The van der Waals surface area contributed by atoms with Crippen LogP contribution in [0.2, 0.25) is 0 Å². The quantitative estimate of drug-likeness (QED) is 0.776. The van der Waals surface area contributed by atoms with Crippen LogP contribution in [0, 0.1) is 17.7 Å². The second-order valence-corrected chi connectivity index (χ2v) is 8.56. The summed E-state index contributed by atoms with van der Waals surface area (Å²) in [6, 6.07) is 11.9. The Bertz CT molecular complexity index is 1010. The van der Waals surface area contributed by atoms with E-state index in [9.17, 15) is 14.0 Å². The molecule has 5 rings (SSSR count). The van der Waals surface area contributed by atoms with Gasteiger partial charge in [-0.15, -0.1) is 0 Å². The van der Waals surface area contributed by atoms with Gasteiger partial charge >= 0.3 is 0 Å². The lowest BCUT2D eigenvalue weighted by molar-refractivity contribution is -0.126. The normalized spacial score (nSPS) is 22.3. The number of nitrogens with zero attached hydrogens (tertiary/aromatic N) is 2. The monoisotopic (exact) mass is 439 g/mol. The molecular weight excluding hydrogens is 413 g/mol. The molecule has 2 atom stereocenters. The predicted octanol–water partition coefficient (Wildman–Crippen LogP) is 2.59. The molecule has 168 valence electrons. The fourth-order valence-electron chi connectivity index (χ4n) is 4.61. The highest BCUT2D eigenvalue weighted by molar-refractivity contribution is 6.00. The van der Waals surface area contributed by atoms with E-state index in [1.54, 1.807) is 29.2 Å². The van der Waals surface area contributed by atoms with E-state index in [1.165, 1.54) is 12.1 Å². The molecule has 32 heavy (non-hydrogen) atoms. The van der Waals surface area contributed by atoms with Gasteiger partial charge in [0.05, 0.1) is 5.92 Å². The molecule has 7 nitrogen and oxygen atoms in total. The molecule has 2 fully saturated rings. The van der Waals surface area contributed by atoms with Gasteiger partial charge in [0.25, 0.3) is 0 Å². The van der Waals surface area contributed by atoms with Gasteiger partial charge in [0.2, 0.25) is 11.8 Å². The molecular formula is C24H26FN3O4. The molecule has 0 radical (unpaired) electrons. The van der Waals surface area contributed by atoms with E-state index in [0.717, 1.165) is 30.9 Å². The van der Waals surface area contributed by atoms with Crippen molar-refractivity contribution in [2.45, 2.75) is 12.8 Å². The fourth-order valence-corrected chi connectivity index (χ4v) is 4.61. The van der Waals surface area contributed by atoms with Gasteiger partial charge in [-0.2, -0.15) is 0 Å². The van der Waals surface area contributed by atoms with Crippen LogP contribution in [-0.4, -0.2) is 51.2 Å². The summed E-state index contributed by atoms with van der Waals surface area (Å²) >= 11 is 0. The lowest BCUT2D eigenvalue weighted by atomic mass is 10.1. The second-order valence-electron chi connectivity index (χ2n) is 8.56. The van der Waals surface area contributed by atoms with Crippen molar-refractivity contribution in [3.05, 3.63) is 48.3 Å². The van der Waals surface area contributed by atoms with Gasteiger partial charge in [-0.05, 0) is 48.7 Å². The number of rotatable bonds is 5. The minimum Gasteiger partial charge on any atom is -0.486 e. The third-order valence-corrected chi connectivity index (χ3v) is 6.38. The Morgan fingerprint density at radius 3 is 2.59 bits per heavy atom. The van der Waals surface area contributed by atoms with Gasteiger partial charge in [0, 0.05) is 50.0 Å². The minimum absolute atomic E-state index is 0.0646. The molecule has 8 heteroatoms. The first-order chi connectivity index (χ1) is 15.6. The maximum Gasteiger partial charge on any atom is 0.227 e. The maximum absolute atomic E-state index is 13.1. The summed E-state index contributed by atoms with van der Waals surface area (Å²) in [5.41, 5.74) is 1.72. The van der Waals surface area contributed by atoms with Gasteiger partial charge in [-0.1, -0.05) is 0 Å². The zero-order valence-electron chi connectivity index (χ0n) is 17.8. The molecule has 2 saturated heterocycles. The second kappa shape index (κ2) is 8.68. The number of carbonyl (C=O) groups excluding carboxylic acids is 2. The molecule has 2 aromatic carbocycles. The molecule has 0 aromatic heterocycles. The smallest absolute Gasteiger partial charge is 0.227 e. The first kappa shape index (κ1) is 20.6. The molecule has 2 unspecified atom stereocenters. The number of halogens is 1. The van der Waals surface area contributed by atoms with E-state index in [1.807, 2.05) is 6.07 Å². The van der Waals surface area contributed by atoms with E-state index in [0.29, 0.717) is 43.7 Å². The Hall–Kier alpha value is -3.29. The SMILES string of the molecule is O=C(NCC1CCN(c2ccc(F)cc2)C1)C1CC(=O)N(c2ccc3c(c2)OCCO3)C1. The van der Waals surface area contributed by atoms with Gasteiger partial charge in [-0.3, -0.25) is 9.59 Å². The van der Waals surface area contributed by atoms with Crippen molar-refractivity contribution in [3.63, 3.8) is 0 Å². The van der Waals surface area contributed by atoms with Crippen molar-refractivity contribution in [1.82, 2.24) is 5.32 Å². The van der Waals surface area contributed by atoms with Gasteiger partial charge in [0.15, 0.2) is 11.5 Å². The van der Waals surface area contributed by atoms with Crippen LogP contribution in [0.5, 0.6) is 11.5 Å². The van der Waals surface area contributed by atoms with Crippen LogP contribution in [0.25, 0.3) is 0 Å². The molecule has 1 N–H and O–H groups in total. The Morgan fingerprint density at radius 1 is 1.03 bits per heavy atom. The van der Waals surface area contributed by atoms with Crippen LogP contribution >= 0.6 is 0 Å². The number of hydrogen-bond donors (Lipinski definition) is 1. The largest absolute Gasteiger partial charge is 0.486 e. The van der Waals surface area contributed by atoms with Crippen molar-refractivity contribution < 1.29 is 23.5 Å². The molecule has 3 aliphatic heterocycles. The van der Waals surface area contributed by atoms with E-state index < -0.39 is 0 Å². The molecule has 3 heterocycles. The highest BCUT2D eigenvalue weighted by Crippen LogP contribution is 2.36. The van der Waals surface area contributed by atoms with E-state index in [4.69, 9.17) is 9.47 Å². The van der Waals surface area contributed by atoms with Crippen LogP contribution in [0.4, 0.5) is 15.8 Å². The third-order valence-electron chi connectivity index (χ3n) is 6.38. The molecule has 0 aliphatic carbocycles. The van der Waals surface area contributed by atoms with Crippen LogP contribution in [0.15, 0.2) is 42.5 Å². The average Bonchev–Trinajstić information content (AvgIpc) is 3.44. The van der Waals surface area contributed by atoms with Crippen LogP contribution in [0.1, 0.15) is 12.8 Å². The number of fused-ring (bicyclic) bond motifs is 1. The first-order valence-electron chi connectivity index (χ1n) is 11.0. The number of benzene rings is 2. The summed E-state index contributed by atoms with van der Waals surface area (Å²) in [6.45, 7) is 3.63. The van der Waals surface area contributed by atoms with Crippen molar-refractivity contribution >= 4 is 23.2 Å². The number of ether oxygens (including phenoxy) is 2. The van der Waals surface area contributed by atoms with Crippen LogP contribution in [0.3, 0.4) is 0 Å². The number of carbonyl (C=O) groups is 2. The van der Waals surface area contributed by atoms with E-state index >= 15 is 0 Å². The summed E-state index contributed by atoms with van der Waals surface area (Å²) in [5.74, 6) is 0.867. The highest BCUT2D eigenvalue weighted by atomic mass is 19.1. The van der Waals surface area contributed by atoms with Crippen molar-refractivity contribution in [3.8, 4) is 11.5 Å². The number of hydrogen-bond acceptors (Lipinski definition) is 5. The Kier molecular flexibility index (Phi) is 5.59. The Morgan fingerprint density at radius 2 is 1.78 bits per heavy atom. The molecule has 2 aromatic rings. The summed E-state index contributed by atoms with van der Waals surface area (Å²) in [7, 11) is 0. The van der Waals surface area contributed by atoms with Crippen molar-refractivity contribution in [2.75, 3.05) is 49.2 Å². The highest BCUT2D eigenvalue weighted by Gasteiger charge is 2.36. The zero-order valence-corrected chi connectivity index (χ0v) is 17.8. The van der Waals surface area contributed by atoms with Gasteiger partial charge < -0.3 is 24.6 Å². The van der Waals surface area contributed by atoms with Gasteiger partial charge in [0.1, 0.15) is 19.0 Å². The molecule has 2 amide bonds. The standard InChI is InChI=1S/C24H26FN3O4/c25-18-1-3-19(4-2-18)27-8-7-16(14-27)13-26-24(30)17-11-23(29)28(15-17)20-5-6-21-22(12-20)32-10-9-31-21/h1-6,12,16-17H,7-11,13-15H2,(H,26,30). The Balaban J connectivity index is 1.14. The van der Waals surface area contributed by atoms with E-state index in [-0.39, 0.29) is 30.0 Å². The number of anilines is 2. The first-order valence-corrected chi connectivity index (χ1v) is 11.0. The molecule has 0 bridgehead atoms. The van der Waals surface area contributed by atoms with Crippen molar-refractivity contribution in [1.29, 1.82) is 0 Å². The summed E-state index contributed by atoms with van der Waals surface area (Å²) in [5, 5.41) is 3.04. The van der Waals surface area contributed by atoms with Crippen LogP contribution in [-0.2, 0) is 9.59 Å². The lowest BCUT2D eigenvalue weighted by Crippen LogP contribution is -2.36. The van der Waals surface area contributed by atoms with Crippen molar-refractivity contribution in [2.24, 2.45) is 11.8 Å². The fraction of sp³-hybridized carbons (Fsp3) is 0.417. The third kappa shape index (κ3) is 4.22. The zero-order chi connectivity index (χ0) is 22.1. The summed E-state index contributed by atoms with van der Waals surface area (Å²) < 4.78 is 24.3. The van der Waals surface area contributed by atoms with Crippen LogP contribution < -0.4 is 24.6 Å². The average molecular weight is 439 g/mol. The number of nitrogens with one attached hydrogen (secondary N) is 1. The molecule has 3 aliphatic rings. The minimum atomic E-state index is -0.370.